The standard InChI is InChI=1S/C19H16N4O2/c1-12-3-8-16-15(9-12)17-18(22-16)19(24)23(11-20-17)21-10-13-4-6-14(25-2)7-5-13/h3-11,22H,1-2H3/b21-10+. The predicted molar refractivity (Wildman–Crippen MR) is 98.6 cm³/mol. The van der Waals surface area contributed by atoms with Crippen molar-refractivity contribution in [3.8, 4) is 5.75 Å². The molecule has 0 unspecified atom stereocenters. The van der Waals surface area contributed by atoms with Gasteiger partial charge in [0.05, 0.1) is 13.3 Å². The van der Waals surface area contributed by atoms with Crippen LogP contribution in [-0.2, 0) is 0 Å². The summed E-state index contributed by atoms with van der Waals surface area (Å²) < 4.78 is 6.35. The topological polar surface area (TPSA) is 72.3 Å². The Morgan fingerprint density at radius 2 is 2.00 bits per heavy atom. The molecule has 2 heterocycles. The number of methoxy groups -OCH3 is 1. The average molecular weight is 332 g/mol. The van der Waals surface area contributed by atoms with Gasteiger partial charge in [-0.3, -0.25) is 4.79 Å². The number of aryl methyl sites for hydroxylation is 1. The van der Waals surface area contributed by atoms with Gasteiger partial charge in [0.1, 0.15) is 23.1 Å². The quantitative estimate of drug-likeness (QED) is 0.586. The van der Waals surface area contributed by atoms with E-state index in [1.165, 1.54) is 11.0 Å². The van der Waals surface area contributed by atoms with E-state index >= 15 is 0 Å². The SMILES string of the molecule is COc1ccc(/C=N/n2cnc3c([nH]c4ccc(C)cc43)c2=O)cc1. The van der Waals surface area contributed by atoms with Gasteiger partial charge < -0.3 is 9.72 Å². The molecule has 0 aliphatic rings. The molecule has 0 aliphatic carbocycles. The van der Waals surface area contributed by atoms with Gasteiger partial charge in [0.2, 0.25) is 0 Å². The minimum atomic E-state index is -0.233. The minimum Gasteiger partial charge on any atom is -0.497 e. The molecule has 1 N–H and O–H groups in total. The van der Waals surface area contributed by atoms with Crippen molar-refractivity contribution < 1.29 is 4.74 Å². The lowest BCUT2D eigenvalue weighted by atomic mass is 10.2. The first-order chi connectivity index (χ1) is 12.2. The fraction of sp³-hybridized carbons (Fsp3) is 0.105. The molecule has 0 atom stereocenters. The average Bonchev–Trinajstić information content (AvgIpc) is 3.00. The van der Waals surface area contributed by atoms with E-state index in [1.807, 2.05) is 49.4 Å². The molecule has 0 aliphatic heterocycles. The Morgan fingerprint density at radius 3 is 2.76 bits per heavy atom. The lowest BCUT2D eigenvalue weighted by Gasteiger charge is -2.00. The van der Waals surface area contributed by atoms with Crippen LogP contribution in [0.1, 0.15) is 11.1 Å². The number of ether oxygens (including phenoxy) is 1. The monoisotopic (exact) mass is 332 g/mol. The number of H-pyrrole nitrogens is 1. The third-order valence-electron chi connectivity index (χ3n) is 4.09. The Balaban J connectivity index is 1.77. The van der Waals surface area contributed by atoms with E-state index in [1.54, 1.807) is 13.3 Å². The molecule has 6 nitrogen and oxygen atoms in total. The van der Waals surface area contributed by atoms with E-state index < -0.39 is 0 Å². The third kappa shape index (κ3) is 2.67. The van der Waals surface area contributed by atoms with Crippen molar-refractivity contribution in [1.82, 2.24) is 14.6 Å². The molecule has 0 radical (unpaired) electrons. The minimum absolute atomic E-state index is 0.233. The molecule has 6 heteroatoms. The van der Waals surface area contributed by atoms with Crippen molar-refractivity contribution in [1.29, 1.82) is 0 Å². The van der Waals surface area contributed by atoms with Crippen LogP contribution in [0, 0.1) is 6.92 Å². The number of aromatic nitrogens is 3. The normalized spacial score (nSPS) is 11.6. The highest BCUT2D eigenvalue weighted by Gasteiger charge is 2.10. The van der Waals surface area contributed by atoms with Gasteiger partial charge >= 0.3 is 0 Å². The zero-order chi connectivity index (χ0) is 17.4. The maximum atomic E-state index is 12.7. The van der Waals surface area contributed by atoms with Crippen LogP contribution in [0.4, 0.5) is 0 Å². The molecule has 124 valence electrons. The molecule has 0 fully saturated rings. The van der Waals surface area contributed by atoms with Crippen LogP contribution in [0.15, 0.2) is 58.7 Å². The largest absolute Gasteiger partial charge is 0.497 e. The first kappa shape index (κ1) is 15.1. The molecule has 0 saturated heterocycles. The lowest BCUT2D eigenvalue weighted by molar-refractivity contribution is 0.415. The van der Waals surface area contributed by atoms with Crippen LogP contribution in [0.5, 0.6) is 5.75 Å². The Bertz CT molecular complexity index is 1150. The number of benzene rings is 2. The third-order valence-corrected chi connectivity index (χ3v) is 4.09. The van der Waals surface area contributed by atoms with Crippen LogP contribution in [-0.4, -0.2) is 28.0 Å². The fourth-order valence-electron chi connectivity index (χ4n) is 2.76. The molecular formula is C19H16N4O2. The fourth-order valence-corrected chi connectivity index (χ4v) is 2.76. The summed E-state index contributed by atoms with van der Waals surface area (Å²) in [6, 6.07) is 13.4. The summed E-state index contributed by atoms with van der Waals surface area (Å²) in [6.45, 7) is 2.01. The number of nitrogens with zero attached hydrogens (tertiary/aromatic N) is 3. The Kier molecular flexibility index (Phi) is 3.57. The van der Waals surface area contributed by atoms with E-state index in [2.05, 4.69) is 15.1 Å². The highest BCUT2D eigenvalue weighted by atomic mass is 16.5. The first-order valence-electron chi connectivity index (χ1n) is 7.84. The van der Waals surface area contributed by atoms with E-state index in [0.29, 0.717) is 11.0 Å². The molecule has 0 spiro atoms. The number of fused-ring (bicyclic) bond motifs is 3. The Hall–Kier alpha value is -3.41. The van der Waals surface area contributed by atoms with E-state index in [9.17, 15) is 4.79 Å². The second-order valence-corrected chi connectivity index (χ2v) is 5.81. The van der Waals surface area contributed by atoms with Gasteiger partial charge in [-0.15, -0.1) is 0 Å². The maximum Gasteiger partial charge on any atom is 0.298 e. The number of aromatic amines is 1. The van der Waals surface area contributed by atoms with E-state index in [4.69, 9.17) is 4.74 Å². The molecular weight excluding hydrogens is 316 g/mol. The van der Waals surface area contributed by atoms with Gasteiger partial charge in [-0.1, -0.05) is 11.6 Å². The zero-order valence-corrected chi connectivity index (χ0v) is 13.9. The molecule has 4 aromatic rings. The Morgan fingerprint density at radius 1 is 1.20 bits per heavy atom. The van der Waals surface area contributed by atoms with E-state index in [0.717, 1.165) is 27.8 Å². The second kappa shape index (κ2) is 5.90. The van der Waals surface area contributed by atoms with Gasteiger partial charge in [-0.25, -0.2) is 4.98 Å². The maximum absolute atomic E-state index is 12.7. The highest BCUT2D eigenvalue weighted by Crippen LogP contribution is 2.22. The van der Waals surface area contributed by atoms with Gasteiger partial charge in [-0.2, -0.15) is 9.78 Å². The van der Waals surface area contributed by atoms with Crippen molar-refractivity contribution >= 4 is 28.2 Å². The summed E-state index contributed by atoms with van der Waals surface area (Å²) in [5.41, 5.74) is 3.76. The van der Waals surface area contributed by atoms with Crippen molar-refractivity contribution in [2.45, 2.75) is 6.92 Å². The van der Waals surface area contributed by atoms with Crippen LogP contribution >= 0.6 is 0 Å². The first-order valence-corrected chi connectivity index (χ1v) is 7.84. The van der Waals surface area contributed by atoms with Gasteiger partial charge in [0.25, 0.3) is 5.56 Å². The molecule has 0 saturated carbocycles. The molecule has 0 bridgehead atoms. The van der Waals surface area contributed by atoms with Gasteiger partial charge in [-0.05, 0) is 48.9 Å². The number of hydrogen-bond acceptors (Lipinski definition) is 4. The molecule has 25 heavy (non-hydrogen) atoms. The lowest BCUT2D eigenvalue weighted by Crippen LogP contribution is -2.17. The smallest absolute Gasteiger partial charge is 0.298 e. The van der Waals surface area contributed by atoms with Gasteiger partial charge in [0.15, 0.2) is 0 Å². The van der Waals surface area contributed by atoms with Crippen molar-refractivity contribution in [2.75, 3.05) is 7.11 Å². The molecule has 4 rings (SSSR count). The van der Waals surface area contributed by atoms with Crippen LogP contribution in [0.3, 0.4) is 0 Å². The summed E-state index contributed by atoms with van der Waals surface area (Å²) in [7, 11) is 1.62. The van der Waals surface area contributed by atoms with E-state index in [-0.39, 0.29) is 5.56 Å². The molecule has 0 amide bonds. The number of nitrogens with one attached hydrogen (secondary N) is 1. The second-order valence-electron chi connectivity index (χ2n) is 5.81. The molecule has 2 aromatic carbocycles. The summed E-state index contributed by atoms with van der Waals surface area (Å²) >= 11 is 0. The van der Waals surface area contributed by atoms with Crippen LogP contribution in [0.25, 0.3) is 21.9 Å². The van der Waals surface area contributed by atoms with Crippen molar-refractivity contribution in [3.63, 3.8) is 0 Å². The van der Waals surface area contributed by atoms with Gasteiger partial charge in [0, 0.05) is 10.9 Å². The zero-order valence-electron chi connectivity index (χ0n) is 13.9. The summed E-state index contributed by atoms with van der Waals surface area (Å²) in [6.07, 6.45) is 3.06. The Labute approximate surface area is 143 Å². The highest BCUT2D eigenvalue weighted by molar-refractivity contribution is 6.04. The number of hydrogen-bond donors (Lipinski definition) is 1. The summed E-state index contributed by atoms with van der Waals surface area (Å²) in [5, 5.41) is 5.17. The molecule has 2 aromatic heterocycles. The van der Waals surface area contributed by atoms with Crippen molar-refractivity contribution in [2.24, 2.45) is 5.10 Å². The van der Waals surface area contributed by atoms with Crippen molar-refractivity contribution in [3.05, 3.63) is 70.3 Å². The summed E-state index contributed by atoms with van der Waals surface area (Å²) in [5.74, 6) is 0.769. The predicted octanol–water partition coefficient (Wildman–Crippen LogP) is 3.08. The van der Waals surface area contributed by atoms with Crippen LogP contribution < -0.4 is 10.3 Å². The van der Waals surface area contributed by atoms with Crippen LogP contribution in [0.2, 0.25) is 0 Å². The summed E-state index contributed by atoms with van der Waals surface area (Å²) in [4.78, 5) is 20.2. The number of rotatable bonds is 3.